The van der Waals surface area contributed by atoms with Crippen molar-refractivity contribution in [2.24, 2.45) is 0 Å². The molecule has 5 nitrogen and oxygen atoms in total. The normalized spacial score (nSPS) is 12.7. The number of aliphatic hydroxyl groups excluding tert-OH is 1. The number of hydrogen-bond donors (Lipinski definition) is 2. The van der Waals surface area contributed by atoms with Crippen LogP contribution in [0.1, 0.15) is 37.9 Å². The maximum absolute atomic E-state index is 12.3. The van der Waals surface area contributed by atoms with Crippen LogP contribution >= 0.6 is 0 Å². The third-order valence-corrected chi connectivity index (χ3v) is 5.27. The topological polar surface area (TPSA) is 75.6 Å². The molecule has 0 aliphatic carbocycles. The summed E-state index contributed by atoms with van der Waals surface area (Å²) in [6.45, 7) is 2.87. The summed E-state index contributed by atoms with van der Waals surface area (Å²) in [6.07, 6.45) is 1.62. The lowest BCUT2D eigenvalue weighted by molar-refractivity contribution is 0.169. The van der Waals surface area contributed by atoms with Crippen LogP contribution in [0.2, 0.25) is 0 Å². The molecule has 2 N–H and O–H groups in total. The van der Waals surface area contributed by atoms with Crippen molar-refractivity contribution in [3.8, 4) is 5.75 Å². The first kappa shape index (κ1) is 19.4. The molecule has 0 spiro atoms. The molecule has 6 heteroatoms. The van der Waals surface area contributed by atoms with E-state index in [2.05, 4.69) is 11.6 Å². The average Bonchev–Trinajstić information content (AvgIpc) is 2.63. The predicted octanol–water partition coefficient (Wildman–Crippen LogP) is 3.27. The van der Waals surface area contributed by atoms with Gasteiger partial charge in [-0.25, -0.2) is 13.1 Å². The van der Waals surface area contributed by atoms with Crippen molar-refractivity contribution in [2.75, 3.05) is 13.2 Å². The number of rotatable bonds is 10. The lowest BCUT2D eigenvalue weighted by atomic mass is 10.1. The van der Waals surface area contributed by atoms with Gasteiger partial charge in [-0.15, -0.1) is 0 Å². The van der Waals surface area contributed by atoms with Crippen LogP contribution in [-0.4, -0.2) is 26.7 Å². The SMILES string of the molecule is CCCCOc1ccc(S(=O)(=O)NCCC(O)c2ccccc2)cc1. The van der Waals surface area contributed by atoms with Gasteiger partial charge >= 0.3 is 0 Å². The van der Waals surface area contributed by atoms with Gasteiger partial charge in [0.15, 0.2) is 0 Å². The third kappa shape index (κ3) is 6.16. The summed E-state index contributed by atoms with van der Waals surface area (Å²) in [5, 5.41) is 10.1. The van der Waals surface area contributed by atoms with E-state index in [-0.39, 0.29) is 11.4 Å². The number of hydrogen-bond acceptors (Lipinski definition) is 4. The van der Waals surface area contributed by atoms with E-state index in [4.69, 9.17) is 4.74 Å². The standard InChI is InChI=1S/C19H25NO4S/c1-2-3-15-24-17-9-11-18(12-10-17)25(22,23)20-14-13-19(21)16-7-5-4-6-8-16/h4-12,19-21H,2-3,13-15H2,1H3. The number of aliphatic hydroxyl groups is 1. The van der Waals surface area contributed by atoms with Crippen LogP contribution < -0.4 is 9.46 Å². The third-order valence-electron chi connectivity index (χ3n) is 3.79. The van der Waals surface area contributed by atoms with Gasteiger partial charge in [-0.05, 0) is 42.7 Å². The molecule has 25 heavy (non-hydrogen) atoms. The zero-order valence-corrected chi connectivity index (χ0v) is 15.2. The van der Waals surface area contributed by atoms with Gasteiger partial charge < -0.3 is 9.84 Å². The van der Waals surface area contributed by atoms with Crippen molar-refractivity contribution in [2.45, 2.75) is 37.2 Å². The smallest absolute Gasteiger partial charge is 0.240 e. The van der Waals surface area contributed by atoms with Gasteiger partial charge in [-0.1, -0.05) is 43.7 Å². The van der Waals surface area contributed by atoms with Gasteiger partial charge in [0.2, 0.25) is 10.0 Å². The zero-order chi connectivity index (χ0) is 18.1. The molecule has 0 aromatic heterocycles. The Labute approximate surface area is 149 Å². The molecular weight excluding hydrogens is 338 g/mol. The number of nitrogens with one attached hydrogen (secondary N) is 1. The Morgan fingerprint density at radius 3 is 2.40 bits per heavy atom. The fourth-order valence-corrected chi connectivity index (χ4v) is 3.35. The Kier molecular flexibility index (Phi) is 7.43. The van der Waals surface area contributed by atoms with Gasteiger partial charge in [0.25, 0.3) is 0 Å². The van der Waals surface area contributed by atoms with Gasteiger partial charge in [-0.3, -0.25) is 0 Å². The predicted molar refractivity (Wildman–Crippen MR) is 98.1 cm³/mol. The van der Waals surface area contributed by atoms with Crippen molar-refractivity contribution >= 4 is 10.0 Å². The minimum Gasteiger partial charge on any atom is -0.494 e. The summed E-state index contributed by atoms with van der Waals surface area (Å²) < 4.78 is 32.6. The number of unbranched alkanes of at least 4 members (excludes halogenated alkanes) is 1. The molecule has 0 bridgehead atoms. The van der Waals surface area contributed by atoms with Crippen LogP contribution in [0.15, 0.2) is 59.5 Å². The Morgan fingerprint density at radius 2 is 1.76 bits per heavy atom. The second kappa shape index (κ2) is 9.56. The first-order valence-electron chi connectivity index (χ1n) is 8.48. The van der Waals surface area contributed by atoms with Crippen molar-refractivity contribution in [3.05, 3.63) is 60.2 Å². The van der Waals surface area contributed by atoms with Crippen molar-refractivity contribution in [1.82, 2.24) is 4.72 Å². The fraction of sp³-hybridized carbons (Fsp3) is 0.368. The Hall–Kier alpha value is -1.89. The van der Waals surface area contributed by atoms with Gasteiger partial charge in [0.1, 0.15) is 5.75 Å². The summed E-state index contributed by atoms with van der Waals surface area (Å²) >= 11 is 0. The zero-order valence-electron chi connectivity index (χ0n) is 14.4. The van der Waals surface area contributed by atoms with E-state index < -0.39 is 16.1 Å². The molecule has 0 aliphatic heterocycles. The molecule has 0 aliphatic rings. The molecule has 136 valence electrons. The quantitative estimate of drug-likeness (QED) is 0.635. The number of benzene rings is 2. The summed E-state index contributed by atoms with van der Waals surface area (Å²) in [7, 11) is -3.60. The second-order valence-corrected chi connectivity index (χ2v) is 7.55. The van der Waals surface area contributed by atoms with Crippen LogP contribution in [0.25, 0.3) is 0 Å². The molecule has 0 amide bonds. The van der Waals surface area contributed by atoms with E-state index in [0.717, 1.165) is 18.4 Å². The highest BCUT2D eigenvalue weighted by Crippen LogP contribution is 2.18. The Balaban J connectivity index is 1.86. The molecule has 0 heterocycles. The summed E-state index contributed by atoms with van der Waals surface area (Å²) in [5.41, 5.74) is 0.773. The molecule has 1 atom stereocenters. The average molecular weight is 363 g/mol. The van der Waals surface area contributed by atoms with Gasteiger partial charge in [0.05, 0.1) is 17.6 Å². The maximum atomic E-state index is 12.3. The first-order valence-corrected chi connectivity index (χ1v) is 9.97. The molecule has 0 saturated carbocycles. The fourth-order valence-electron chi connectivity index (χ4n) is 2.30. The van der Waals surface area contributed by atoms with E-state index in [1.54, 1.807) is 12.1 Å². The lowest BCUT2D eigenvalue weighted by Crippen LogP contribution is -2.25. The molecular formula is C19H25NO4S. The molecule has 2 aromatic rings. The minimum atomic E-state index is -3.60. The van der Waals surface area contributed by atoms with Crippen LogP contribution in [0.3, 0.4) is 0 Å². The van der Waals surface area contributed by atoms with Crippen LogP contribution in [0.5, 0.6) is 5.75 Å². The monoisotopic (exact) mass is 363 g/mol. The van der Waals surface area contributed by atoms with E-state index in [1.165, 1.54) is 12.1 Å². The summed E-state index contributed by atoms with van der Waals surface area (Å²) in [6, 6.07) is 15.5. The molecule has 2 rings (SSSR count). The summed E-state index contributed by atoms with van der Waals surface area (Å²) in [4.78, 5) is 0.185. The molecule has 2 aromatic carbocycles. The van der Waals surface area contributed by atoms with Crippen LogP contribution in [0.4, 0.5) is 0 Å². The van der Waals surface area contributed by atoms with E-state index >= 15 is 0 Å². The highest BCUT2D eigenvalue weighted by molar-refractivity contribution is 7.89. The number of ether oxygens (including phenoxy) is 1. The largest absolute Gasteiger partial charge is 0.494 e. The lowest BCUT2D eigenvalue weighted by Gasteiger charge is -2.12. The molecule has 0 radical (unpaired) electrons. The Bertz CT molecular complexity index is 730. The minimum absolute atomic E-state index is 0.160. The van der Waals surface area contributed by atoms with Gasteiger partial charge in [-0.2, -0.15) is 0 Å². The molecule has 1 unspecified atom stereocenters. The van der Waals surface area contributed by atoms with E-state index in [9.17, 15) is 13.5 Å². The molecule has 0 fully saturated rings. The second-order valence-electron chi connectivity index (χ2n) is 5.79. The number of sulfonamides is 1. The highest BCUT2D eigenvalue weighted by atomic mass is 32.2. The van der Waals surface area contributed by atoms with Crippen molar-refractivity contribution < 1.29 is 18.3 Å². The maximum Gasteiger partial charge on any atom is 0.240 e. The highest BCUT2D eigenvalue weighted by Gasteiger charge is 2.15. The van der Waals surface area contributed by atoms with E-state index in [0.29, 0.717) is 18.8 Å². The van der Waals surface area contributed by atoms with E-state index in [1.807, 2.05) is 30.3 Å². The van der Waals surface area contributed by atoms with Crippen molar-refractivity contribution in [3.63, 3.8) is 0 Å². The first-order chi connectivity index (χ1) is 12.0. The summed E-state index contributed by atoms with van der Waals surface area (Å²) in [5.74, 6) is 0.659. The van der Waals surface area contributed by atoms with Crippen LogP contribution in [0, 0.1) is 0 Å². The molecule has 0 saturated heterocycles. The Morgan fingerprint density at radius 1 is 1.08 bits per heavy atom. The van der Waals surface area contributed by atoms with Gasteiger partial charge in [0, 0.05) is 6.54 Å². The van der Waals surface area contributed by atoms with Crippen LogP contribution in [-0.2, 0) is 10.0 Å². The van der Waals surface area contributed by atoms with Crippen molar-refractivity contribution in [1.29, 1.82) is 0 Å².